The van der Waals surface area contributed by atoms with Crippen LogP contribution in [0.2, 0.25) is 0 Å². The molecule has 3 atom stereocenters. The minimum absolute atomic E-state index is 0.00142. The zero-order chi connectivity index (χ0) is 21.2. The number of hydrogen-bond acceptors (Lipinski definition) is 3. The van der Waals surface area contributed by atoms with Gasteiger partial charge in [0, 0.05) is 18.7 Å². The fourth-order valence-corrected chi connectivity index (χ4v) is 3.52. The van der Waals surface area contributed by atoms with Gasteiger partial charge in [0.1, 0.15) is 6.04 Å². The predicted octanol–water partition coefficient (Wildman–Crippen LogP) is 2.92. The van der Waals surface area contributed by atoms with Gasteiger partial charge in [0.25, 0.3) is 5.91 Å². The van der Waals surface area contributed by atoms with E-state index in [0.717, 1.165) is 5.56 Å². The number of aliphatic carboxylic acids is 1. The Hall–Kier alpha value is -2.37. The highest BCUT2D eigenvalue weighted by molar-refractivity contribution is 5.97. The van der Waals surface area contributed by atoms with Crippen LogP contribution in [0.15, 0.2) is 24.3 Å². The topological polar surface area (TPSA) is 86.7 Å². The van der Waals surface area contributed by atoms with Crippen LogP contribution in [0.25, 0.3) is 0 Å². The van der Waals surface area contributed by atoms with E-state index in [-0.39, 0.29) is 35.6 Å². The molecule has 1 fully saturated rings. The molecule has 2 amide bonds. The lowest BCUT2D eigenvalue weighted by Gasteiger charge is -2.27. The molecule has 1 unspecified atom stereocenters. The SMILES string of the molecule is CC(C)C(NC(=O)c1ccc(C(C)(C)C)cc1)C(=O)N1C[C@@H](C)[C@H](C(=O)O)C1. The molecule has 1 aliphatic rings. The van der Waals surface area contributed by atoms with E-state index in [1.807, 2.05) is 32.9 Å². The third-order valence-electron chi connectivity index (χ3n) is 5.47. The smallest absolute Gasteiger partial charge is 0.308 e. The quantitative estimate of drug-likeness (QED) is 0.812. The largest absolute Gasteiger partial charge is 0.481 e. The van der Waals surface area contributed by atoms with Crippen molar-refractivity contribution in [2.45, 2.75) is 53.0 Å². The highest BCUT2D eigenvalue weighted by Crippen LogP contribution is 2.25. The maximum atomic E-state index is 13.0. The van der Waals surface area contributed by atoms with Crippen molar-refractivity contribution in [2.24, 2.45) is 17.8 Å². The van der Waals surface area contributed by atoms with Gasteiger partial charge in [-0.15, -0.1) is 0 Å². The molecule has 28 heavy (non-hydrogen) atoms. The Labute approximate surface area is 167 Å². The van der Waals surface area contributed by atoms with Crippen LogP contribution in [0.4, 0.5) is 0 Å². The maximum Gasteiger partial charge on any atom is 0.308 e. The number of rotatable bonds is 5. The Morgan fingerprint density at radius 2 is 1.68 bits per heavy atom. The van der Waals surface area contributed by atoms with Crippen LogP contribution in [0.5, 0.6) is 0 Å². The summed E-state index contributed by atoms with van der Waals surface area (Å²) in [5.74, 6) is -2.16. The number of carboxylic acids is 1. The van der Waals surface area contributed by atoms with Crippen molar-refractivity contribution in [3.05, 3.63) is 35.4 Å². The van der Waals surface area contributed by atoms with Gasteiger partial charge in [-0.2, -0.15) is 0 Å². The Bertz CT molecular complexity index is 734. The molecule has 0 radical (unpaired) electrons. The van der Waals surface area contributed by atoms with Crippen LogP contribution in [0.1, 0.15) is 57.5 Å². The summed E-state index contributed by atoms with van der Waals surface area (Å²) >= 11 is 0. The number of amides is 2. The monoisotopic (exact) mass is 388 g/mol. The average molecular weight is 389 g/mol. The lowest BCUT2D eigenvalue weighted by atomic mass is 9.86. The van der Waals surface area contributed by atoms with E-state index in [1.165, 1.54) is 0 Å². The number of nitrogens with zero attached hydrogens (tertiary/aromatic N) is 1. The number of carbonyl (C=O) groups is 3. The Morgan fingerprint density at radius 3 is 2.11 bits per heavy atom. The second-order valence-corrected chi connectivity index (χ2v) is 9.19. The normalized spacial score (nSPS) is 20.9. The van der Waals surface area contributed by atoms with Crippen molar-refractivity contribution in [3.8, 4) is 0 Å². The van der Waals surface area contributed by atoms with Gasteiger partial charge in [-0.1, -0.05) is 53.7 Å². The van der Waals surface area contributed by atoms with Crippen LogP contribution in [0, 0.1) is 17.8 Å². The molecule has 0 saturated carbocycles. The van der Waals surface area contributed by atoms with Crippen molar-refractivity contribution in [2.75, 3.05) is 13.1 Å². The molecule has 1 aromatic rings. The molecule has 0 bridgehead atoms. The molecule has 1 saturated heterocycles. The number of benzene rings is 1. The van der Waals surface area contributed by atoms with E-state index in [2.05, 4.69) is 26.1 Å². The van der Waals surface area contributed by atoms with E-state index in [9.17, 15) is 19.5 Å². The zero-order valence-corrected chi connectivity index (χ0v) is 17.7. The van der Waals surface area contributed by atoms with Crippen LogP contribution >= 0.6 is 0 Å². The summed E-state index contributed by atoms with van der Waals surface area (Å²) in [6, 6.07) is 6.72. The van der Waals surface area contributed by atoms with E-state index in [1.54, 1.807) is 17.0 Å². The number of nitrogens with one attached hydrogen (secondary N) is 1. The van der Waals surface area contributed by atoms with Gasteiger partial charge in [0.2, 0.25) is 5.91 Å². The van der Waals surface area contributed by atoms with Crippen LogP contribution in [-0.2, 0) is 15.0 Å². The highest BCUT2D eigenvalue weighted by atomic mass is 16.4. The molecule has 0 aliphatic carbocycles. The zero-order valence-electron chi connectivity index (χ0n) is 17.7. The first-order valence-corrected chi connectivity index (χ1v) is 9.84. The van der Waals surface area contributed by atoms with Crippen LogP contribution < -0.4 is 5.32 Å². The van der Waals surface area contributed by atoms with Crippen molar-refractivity contribution in [3.63, 3.8) is 0 Å². The number of carbonyl (C=O) groups excluding carboxylic acids is 2. The molecule has 1 heterocycles. The molecule has 6 nitrogen and oxygen atoms in total. The van der Waals surface area contributed by atoms with Gasteiger partial charge in [-0.25, -0.2) is 0 Å². The van der Waals surface area contributed by atoms with Crippen molar-refractivity contribution in [1.29, 1.82) is 0 Å². The van der Waals surface area contributed by atoms with Crippen LogP contribution in [0.3, 0.4) is 0 Å². The minimum Gasteiger partial charge on any atom is -0.481 e. The molecular formula is C22H32N2O4. The second kappa shape index (κ2) is 8.33. The average Bonchev–Trinajstić information content (AvgIpc) is 3.00. The van der Waals surface area contributed by atoms with Crippen molar-refractivity contribution < 1.29 is 19.5 Å². The molecule has 0 aromatic heterocycles. The molecule has 1 aromatic carbocycles. The first kappa shape index (κ1) is 21.9. The fourth-order valence-electron chi connectivity index (χ4n) is 3.52. The maximum absolute atomic E-state index is 13.0. The Kier molecular flexibility index (Phi) is 6.52. The molecule has 2 N–H and O–H groups in total. The number of hydrogen-bond donors (Lipinski definition) is 2. The van der Waals surface area contributed by atoms with Gasteiger partial charge < -0.3 is 15.3 Å². The lowest BCUT2D eigenvalue weighted by Crippen LogP contribution is -2.50. The molecular weight excluding hydrogens is 356 g/mol. The van der Waals surface area contributed by atoms with E-state index in [0.29, 0.717) is 12.1 Å². The molecule has 0 spiro atoms. The highest BCUT2D eigenvalue weighted by Gasteiger charge is 2.40. The van der Waals surface area contributed by atoms with Crippen molar-refractivity contribution >= 4 is 17.8 Å². The molecule has 6 heteroatoms. The Morgan fingerprint density at radius 1 is 1.11 bits per heavy atom. The summed E-state index contributed by atoms with van der Waals surface area (Å²) in [6.45, 7) is 12.5. The van der Waals surface area contributed by atoms with Gasteiger partial charge in [-0.3, -0.25) is 14.4 Å². The summed E-state index contributed by atoms with van der Waals surface area (Å²) in [6.07, 6.45) is 0. The van der Waals surface area contributed by atoms with Crippen molar-refractivity contribution in [1.82, 2.24) is 10.2 Å². The van der Waals surface area contributed by atoms with Gasteiger partial charge in [0.05, 0.1) is 5.92 Å². The summed E-state index contributed by atoms with van der Waals surface area (Å²) in [5, 5.41) is 12.1. The standard InChI is InChI=1S/C22H32N2O4/c1-13(2)18(20(26)24-11-14(3)17(12-24)21(27)28)23-19(25)15-7-9-16(10-8-15)22(4,5)6/h7-10,13-14,17-18H,11-12H2,1-6H3,(H,23,25)(H,27,28)/t14-,17-,18?/m1/s1. The number of likely N-dealkylation sites (tertiary alicyclic amines) is 1. The third kappa shape index (κ3) is 4.91. The molecule has 2 rings (SSSR count). The fraction of sp³-hybridized carbons (Fsp3) is 0.591. The summed E-state index contributed by atoms with van der Waals surface area (Å²) in [5.41, 5.74) is 1.63. The van der Waals surface area contributed by atoms with Gasteiger partial charge in [0.15, 0.2) is 0 Å². The molecule has 154 valence electrons. The van der Waals surface area contributed by atoms with E-state index in [4.69, 9.17) is 0 Å². The summed E-state index contributed by atoms with van der Waals surface area (Å²) in [7, 11) is 0. The first-order valence-electron chi connectivity index (χ1n) is 9.84. The lowest BCUT2D eigenvalue weighted by molar-refractivity contribution is -0.142. The molecule has 1 aliphatic heterocycles. The van der Waals surface area contributed by atoms with Gasteiger partial charge >= 0.3 is 5.97 Å². The predicted molar refractivity (Wildman–Crippen MR) is 108 cm³/mol. The number of carboxylic acid groups (broad SMARTS) is 1. The third-order valence-corrected chi connectivity index (χ3v) is 5.47. The summed E-state index contributed by atoms with van der Waals surface area (Å²) < 4.78 is 0. The minimum atomic E-state index is -0.883. The summed E-state index contributed by atoms with van der Waals surface area (Å²) in [4.78, 5) is 38.6. The van der Waals surface area contributed by atoms with E-state index >= 15 is 0 Å². The Balaban J connectivity index is 2.11. The van der Waals surface area contributed by atoms with Gasteiger partial charge in [-0.05, 0) is 34.9 Å². The van der Waals surface area contributed by atoms with Crippen LogP contribution in [-0.4, -0.2) is 46.9 Å². The first-order chi connectivity index (χ1) is 12.9. The van der Waals surface area contributed by atoms with E-state index < -0.39 is 17.9 Å². The second-order valence-electron chi connectivity index (χ2n) is 9.19.